The van der Waals surface area contributed by atoms with Gasteiger partial charge in [-0.25, -0.2) is 4.98 Å². The van der Waals surface area contributed by atoms with Gasteiger partial charge in [0.2, 0.25) is 5.88 Å². The molecule has 3 aromatic heterocycles. The van der Waals surface area contributed by atoms with Crippen LogP contribution in [0.5, 0.6) is 5.75 Å². The molecule has 2 aromatic carbocycles. The molecule has 146 valence electrons. The predicted octanol–water partition coefficient (Wildman–Crippen LogP) is 4.96. The molecule has 29 heavy (non-hydrogen) atoms. The van der Waals surface area contributed by atoms with Crippen molar-refractivity contribution in [3.8, 4) is 22.9 Å². The van der Waals surface area contributed by atoms with E-state index >= 15 is 0 Å². The predicted molar refractivity (Wildman–Crippen MR) is 114 cm³/mol. The molecule has 5 rings (SSSR count). The lowest BCUT2D eigenvalue weighted by Gasteiger charge is -2.00. The Kier molecular flexibility index (Phi) is 5.10. The first-order valence-corrected chi connectivity index (χ1v) is 8.98. The molecule has 0 atom stereocenters. The number of aromatic nitrogens is 4. The number of nitrogens with zero attached hydrogens (tertiary/aromatic N) is 4. The molecule has 0 bridgehead atoms. The molecule has 5 aromatic rings. The van der Waals surface area contributed by atoms with Crippen molar-refractivity contribution < 1.29 is 9.26 Å². The molecule has 0 fully saturated rings. The second-order valence-corrected chi connectivity index (χ2v) is 6.56. The number of methoxy groups -OCH3 is 1. The Morgan fingerprint density at radius 1 is 1.07 bits per heavy atom. The van der Waals surface area contributed by atoms with Gasteiger partial charge in [-0.3, -0.25) is 4.57 Å². The van der Waals surface area contributed by atoms with Gasteiger partial charge in [0.05, 0.1) is 25.5 Å². The maximum atomic E-state index is 5.68. The van der Waals surface area contributed by atoms with Gasteiger partial charge in [0.1, 0.15) is 11.4 Å². The number of ether oxygens (including phenoxy) is 1. The Hall–Kier alpha value is -3.51. The molecule has 7 heteroatoms. The summed E-state index contributed by atoms with van der Waals surface area (Å²) in [5, 5.41) is 5.44. The molecule has 0 radical (unpaired) electrons. The molecule has 0 N–H and O–H groups in total. The normalized spacial score (nSPS) is 10.8. The van der Waals surface area contributed by atoms with Gasteiger partial charge in [0, 0.05) is 35.6 Å². The smallest absolute Gasteiger partial charge is 0.236 e. The molecule has 0 unspecified atom stereocenters. The molecule has 0 aliphatic heterocycles. The molecule has 0 aliphatic carbocycles. The number of benzene rings is 2. The first-order chi connectivity index (χ1) is 13.8. The van der Waals surface area contributed by atoms with E-state index in [0.29, 0.717) is 5.88 Å². The topological polar surface area (TPSA) is 58.0 Å². The van der Waals surface area contributed by atoms with Crippen molar-refractivity contribution in [1.29, 1.82) is 0 Å². The van der Waals surface area contributed by atoms with Gasteiger partial charge in [0.25, 0.3) is 0 Å². The van der Waals surface area contributed by atoms with Gasteiger partial charge in [0.15, 0.2) is 0 Å². The SMILES string of the molecule is COc1ccc(-c2cc(-n3cc(Cn4ccnc4)c4ccccc43)on2)cc1.Cl. The van der Waals surface area contributed by atoms with E-state index in [1.165, 1.54) is 10.9 Å². The number of halogens is 1. The molecule has 0 amide bonds. The fourth-order valence-corrected chi connectivity index (χ4v) is 3.41. The van der Waals surface area contributed by atoms with Crippen LogP contribution in [-0.2, 0) is 6.54 Å². The summed E-state index contributed by atoms with van der Waals surface area (Å²) in [6.07, 6.45) is 7.67. The third-order valence-electron chi connectivity index (χ3n) is 4.83. The quantitative estimate of drug-likeness (QED) is 0.414. The fourth-order valence-electron chi connectivity index (χ4n) is 3.41. The van der Waals surface area contributed by atoms with Crippen molar-refractivity contribution in [3.63, 3.8) is 0 Å². The molecule has 0 saturated heterocycles. The minimum absolute atomic E-state index is 0. The van der Waals surface area contributed by atoms with Gasteiger partial charge in [-0.05, 0) is 35.9 Å². The number of rotatable bonds is 5. The van der Waals surface area contributed by atoms with Crippen molar-refractivity contribution in [2.24, 2.45) is 0 Å². The lowest BCUT2D eigenvalue weighted by Crippen LogP contribution is -1.95. The monoisotopic (exact) mass is 406 g/mol. The van der Waals surface area contributed by atoms with Crippen LogP contribution in [0.25, 0.3) is 28.0 Å². The number of fused-ring (bicyclic) bond motifs is 1. The van der Waals surface area contributed by atoms with E-state index in [4.69, 9.17) is 9.26 Å². The highest BCUT2D eigenvalue weighted by molar-refractivity contribution is 5.86. The van der Waals surface area contributed by atoms with Crippen molar-refractivity contribution >= 4 is 23.3 Å². The Morgan fingerprint density at radius 3 is 2.66 bits per heavy atom. The minimum atomic E-state index is 0. The van der Waals surface area contributed by atoms with Gasteiger partial charge in [-0.1, -0.05) is 23.4 Å². The van der Waals surface area contributed by atoms with Crippen LogP contribution in [-0.4, -0.2) is 26.4 Å². The number of para-hydroxylation sites is 1. The van der Waals surface area contributed by atoms with Crippen molar-refractivity contribution in [2.75, 3.05) is 7.11 Å². The summed E-state index contributed by atoms with van der Waals surface area (Å²) in [5.74, 6) is 1.49. The van der Waals surface area contributed by atoms with Crippen LogP contribution >= 0.6 is 12.4 Å². The van der Waals surface area contributed by atoms with Crippen molar-refractivity contribution in [3.05, 3.63) is 85.1 Å². The van der Waals surface area contributed by atoms with E-state index in [1.807, 2.05) is 59.6 Å². The van der Waals surface area contributed by atoms with E-state index in [1.54, 1.807) is 13.3 Å². The average Bonchev–Trinajstić information content (AvgIpc) is 3.49. The molecule has 6 nitrogen and oxygen atoms in total. The summed E-state index contributed by atoms with van der Waals surface area (Å²) < 4.78 is 15.0. The van der Waals surface area contributed by atoms with Crippen LogP contribution in [0.3, 0.4) is 0 Å². The molecular formula is C22H19ClN4O2. The van der Waals surface area contributed by atoms with Crippen LogP contribution in [0.1, 0.15) is 5.56 Å². The van der Waals surface area contributed by atoms with Gasteiger partial charge < -0.3 is 13.8 Å². The highest BCUT2D eigenvalue weighted by Crippen LogP contribution is 2.28. The van der Waals surface area contributed by atoms with E-state index in [2.05, 4.69) is 33.0 Å². The summed E-state index contributed by atoms with van der Waals surface area (Å²) in [5.41, 5.74) is 4.03. The molecule has 0 aliphatic rings. The van der Waals surface area contributed by atoms with Crippen molar-refractivity contribution in [2.45, 2.75) is 6.54 Å². The summed E-state index contributed by atoms with van der Waals surface area (Å²) in [7, 11) is 1.65. The zero-order valence-corrected chi connectivity index (χ0v) is 16.5. The number of hydrogen-bond acceptors (Lipinski definition) is 4. The number of hydrogen-bond donors (Lipinski definition) is 0. The third-order valence-corrected chi connectivity index (χ3v) is 4.83. The highest BCUT2D eigenvalue weighted by atomic mass is 35.5. The van der Waals surface area contributed by atoms with Gasteiger partial charge in [-0.15, -0.1) is 12.4 Å². The summed E-state index contributed by atoms with van der Waals surface area (Å²) >= 11 is 0. The maximum Gasteiger partial charge on any atom is 0.236 e. The van der Waals surface area contributed by atoms with Crippen LogP contribution in [0.15, 0.2) is 84.0 Å². The molecule has 0 saturated carbocycles. The largest absolute Gasteiger partial charge is 0.497 e. The second-order valence-electron chi connectivity index (χ2n) is 6.56. The standard InChI is InChI=1S/C22H18N4O2.ClH/c1-27-18-8-6-16(7-9-18)20-12-22(28-24-20)26-14-17(13-25-11-10-23-15-25)19-4-2-3-5-21(19)26;/h2-12,14-15H,13H2,1H3;1H. The highest BCUT2D eigenvalue weighted by Gasteiger charge is 2.14. The molecular weight excluding hydrogens is 388 g/mol. The Bertz CT molecular complexity index is 1220. The van der Waals surface area contributed by atoms with Crippen LogP contribution in [0, 0.1) is 0 Å². The summed E-state index contributed by atoms with van der Waals surface area (Å²) in [6.45, 7) is 0.743. The lowest BCUT2D eigenvalue weighted by molar-refractivity contribution is 0.410. The van der Waals surface area contributed by atoms with E-state index < -0.39 is 0 Å². The van der Waals surface area contributed by atoms with Crippen LogP contribution in [0.2, 0.25) is 0 Å². The zero-order valence-electron chi connectivity index (χ0n) is 15.7. The maximum absolute atomic E-state index is 5.68. The Morgan fingerprint density at radius 2 is 1.90 bits per heavy atom. The average molecular weight is 407 g/mol. The van der Waals surface area contributed by atoms with E-state index in [9.17, 15) is 0 Å². The Labute approximate surface area is 173 Å². The first kappa shape index (κ1) is 18.8. The fraction of sp³-hybridized carbons (Fsp3) is 0.0909. The first-order valence-electron chi connectivity index (χ1n) is 8.98. The van der Waals surface area contributed by atoms with E-state index in [0.717, 1.165) is 29.1 Å². The van der Waals surface area contributed by atoms with Crippen LogP contribution < -0.4 is 4.74 Å². The number of imidazole rings is 1. The third kappa shape index (κ3) is 3.50. The lowest BCUT2D eigenvalue weighted by atomic mass is 10.1. The zero-order chi connectivity index (χ0) is 18.9. The van der Waals surface area contributed by atoms with Crippen molar-refractivity contribution in [1.82, 2.24) is 19.3 Å². The van der Waals surface area contributed by atoms with Crippen LogP contribution in [0.4, 0.5) is 0 Å². The summed E-state index contributed by atoms with van der Waals surface area (Å²) in [6, 6.07) is 18.0. The van der Waals surface area contributed by atoms with Gasteiger partial charge in [-0.2, -0.15) is 0 Å². The minimum Gasteiger partial charge on any atom is -0.497 e. The second kappa shape index (κ2) is 7.85. The van der Waals surface area contributed by atoms with Gasteiger partial charge >= 0.3 is 0 Å². The summed E-state index contributed by atoms with van der Waals surface area (Å²) in [4.78, 5) is 4.13. The Balaban J connectivity index is 0.00000205. The molecule has 3 heterocycles. The van der Waals surface area contributed by atoms with E-state index in [-0.39, 0.29) is 12.4 Å². The molecule has 0 spiro atoms.